The maximum Gasteiger partial charge on any atom is 0.128 e. The second-order valence-corrected chi connectivity index (χ2v) is 6.25. The quantitative estimate of drug-likeness (QED) is 0.526. The number of aliphatic hydroxyl groups is 1. The summed E-state index contributed by atoms with van der Waals surface area (Å²) in [6.07, 6.45) is 0.803. The van der Waals surface area contributed by atoms with Gasteiger partial charge in [0, 0.05) is 22.6 Å². The molecule has 0 atom stereocenters. The number of thioether (sulfide) groups is 1. The van der Waals surface area contributed by atoms with Crippen LogP contribution in [0, 0.1) is 20.8 Å². The third-order valence-electron chi connectivity index (χ3n) is 2.65. The van der Waals surface area contributed by atoms with E-state index in [4.69, 9.17) is 5.11 Å². The van der Waals surface area contributed by atoms with Gasteiger partial charge in [-0.1, -0.05) is 0 Å². The first-order valence-electron chi connectivity index (χ1n) is 5.61. The number of aliphatic hydroxyl groups excluding tert-OH is 1. The number of hydrogen-bond donors (Lipinski definition) is 1. The van der Waals surface area contributed by atoms with Crippen molar-refractivity contribution in [1.82, 2.24) is 9.97 Å². The Hall–Kier alpha value is -0.650. The van der Waals surface area contributed by atoms with Crippen LogP contribution in [0.4, 0.5) is 0 Å². The van der Waals surface area contributed by atoms with Gasteiger partial charge in [0.15, 0.2) is 0 Å². The summed E-state index contributed by atoms with van der Waals surface area (Å²) in [5.74, 6) is 1.72. The van der Waals surface area contributed by atoms with Crippen LogP contribution in [0.25, 0.3) is 10.2 Å². The first-order valence-corrected chi connectivity index (χ1v) is 7.41. The zero-order valence-electron chi connectivity index (χ0n) is 10.3. The molecule has 0 aromatic carbocycles. The predicted octanol–water partition coefficient (Wildman–Crippen LogP) is 3.09. The molecule has 0 aliphatic heterocycles. The first-order chi connectivity index (χ1) is 8.13. The SMILES string of the molecule is Cc1nc(SCCCO)c2c(C)c(C)sc2n1. The molecule has 5 heteroatoms. The highest BCUT2D eigenvalue weighted by molar-refractivity contribution is 7.99. The molecule has 3 nitrogen and oxygen atoms in total. The fourth-order valence-corrected chi connectivity index (χ4v) is 3.85. The van der Waals surface area contributed by atoms with Crippen molar-refractivity contribution in [3.8, 4) is 0 Å². The van der Waals surface area contributed by atoms with Crippen LogP contribution in [-0.2, 0) is 0 Å². The lowest BCUT2D eigenvalue weighted by Gasteiger charge is -2.04. The number of fused-ring (bicyclic) bond motifs is 1. The second-order valence-electron chi connectivity index (χ2n) is 3.96. The molecular weight excluding hydrogens is 252 g/mol. The maximum atomic E-state index is 8.83. The van der Waals surface area contributed by atoms with Gasteiger partial charge in [0.1, 0.15) is 15.7 Å². The Balaban J connectivity index is 2.44. The van der Waals surface area contributed by atoms with Crippen molar-refractivity contribution in [1.29, 1.82) is 0 Å². The van der Waals surface area contributed by atoms with E-state index < -0.39 is 0 Å². The highest BCUT2D eigenvalue weighted by atomic mass is 32.2. The molecule has 92 valence electrons. The standard InChI is InChI=1S/C12H16N2OS2/c1-7-8(2)17-12-10(7)11(13-9(3)14-12)16-6-4-5-15/h15H,4-6H2,1-3H3. The van der Waals surface area contributed by atoms with Crippen LogP contribution in [0.15, 0.2) is 5.03 Å². The largest absolute Gasteiger partial charge is 0.396 e. The topological polar surface area (TPSA) is 46.0 Å². The number of nitrogens with zero attached hydrogens (tertiary/aromatic N) is 2. The van der Waals surface area contributed by atoms with Gasteiger partial charge < -0.3 is 5.11 Å². The molecule has 0 aliphatic rings. The van der Waals surface area contributed by atoms with Crippen LogP contribution in [0.5, 0.6) is 0 Å². The highest BCUT2D eigenvalue weighted by Gasteiger charge is 2.13. The lowest BCUT2D eigenvalue weighted by atomic mass is 10.2. The Morgan fingerprint density at radius 1 is 1.24 bits per heavy atom. The average Bonchev–Trinajstić information content (AvgIpc) is 2.54. The van der Waals surface area contributed by atoms with Gasteiger partial charge in [-0.25, -0.2) is 9.97 Å². The summed E-state index contributed by atoms with van der Waals surface area (Å²) in [6, 6.07) is 0. The smallest absolute Gasteiger partial charge is 0.128 e. The summed E-state index contributed by atoms with van der Waals surface area (Å²) in [5, 5.41) is 11.1. The molecule has 0 unspecified atom stereocenters. The van der Waals surface area contributed by atoms with E-state index in [0.29, 0.717) is 0 Å². The molecule has 2 rings (SSSR count). The monoisotopic (exact) mass is 268 g/mol. The lowest BCUT2D eigenvalue weighted by Crippen LogP contribution is -1.93. The van der Waals surface area contributed by atoms with Crippen LogP contribution in [-0.4, -0.2) is 27.4 Å². The summed E-state index contributed by atoms with van der Waals surface area (Å²) < 4.78 is 0. The number of hydrogen-bond acceptors (Lipinski definition) is 5. The lowest BCUT2D eigenvalue weighted by molar-refractivity contribution is 0.296. The Morgan fingerprint density at radius 2 is 2.00 bits per heavy atom. The minimum atomic E-state index is 0.238. The summed E-state index contributed by atoms with van der Waals surface area (Å²) >= 11 is 3.44. The molecule has 0 bridgehead atoms. The first kappa shape index (κ1) is 12.8. The molecule has 17 heavy (non-hydrogen) atoms. The zero-order chi connectivity index (χ0) is 12.4. The molecule has 2 aromatic rings. The summed E-state index contributed by atoms with van der Waals surface area (Å²) in [6.45, 7) is 6.42. The molecule has 2 heterocycles. The molecule has 0 spiro atoms. The summed E-state index contributed by atoms with van der Waals surface area (Å²) in [7, 11) is 0. The predicted molar refractivity (Wildman–Crippen MR) is 74.1 cm³/mol. The van der Waals surface area contributed by atoms with E-state index in [1.165, 1.54) is 15.8 Å². The molecule has 0 amide bonds. The Morgan fingerprint density at radius 3 is 2.71 bits per heavy atom. The molecule has 0 fully saturated rings. The van der Waals surface area contributed by atoms with Crippen molar-refractivity contribution in [3.63, 3.8) is 0 Å². The van der Waals surface area contributed by atoms with E-state index in [2.05, 4.69) is 23.8 Å². The minimum absolute atomic E-state index is 0.238. The summed E-state index contributed by atoms with van der Waals surface area (Å²) in [5.41, 5.74) is 1.29. The maximum absolute atomic E-state index is 8.83. The molecule has 0 aliphatic carbocycles. The average molecular weight is 268 g/mol. The molecular formula is C12H16N2OS2. The number of rotatable bonds is 4. The van der Waals surface area contributed by atoms with Gasteiger partial charge in [-0.15, -0.1) is 23.1 Å². The van der Waals surface area contributed by atoms with Crippen LogP contribution in [0.3, 0.4) is 0 Å². The van der Waals surface area contributed by atoms with Crippen LogP contribution in [0.2, 0.25) is 0 Å². The van der Waals surface area contributed by atoms with E-state index in [-0.39, 0.29) is 6.61 Å². The zero-order valence-corrected chi connectivity index (χ0v) is 11.9. The van der Waals surface area contributed by atoms with Gasteiger partial charge in [-0.05, 0) is 32.8 Å². The Kier molecular flexibility index (Phi) is 4.01. The fourth-order valence-electron chi connectivity index (χ4n) is 1.65. The van der Waals surface area contributed by atoms with E-state index in [1.807, 2.05) is 6.92 Å². The summed E-state index contributed by atoms with van der Waals surface area (Å²) in [4.78, 5) is 11.4. The van der Waals surface area contributed by atoms with E-state index in [0.717, 1.165) is 27.9 Å². The van der Waals surface area contributed by atoms with E-state index in [1.54, 1.807) is 23.1 Å². The Bertz CT molecular complexity index is 537. The number of thiophene rings is 1. The minimum Gasteiger partial charge on any atom is -0.396 e. The van der Waals surface area contributed by atoms with Gasteiger partial charge >= 0.3 is 0 Å². The van der Waals surface area contributed by atoms with Crippen LogP contribution < -0.4 is 0 Å². The molecule has 0 saturated carbocycles. The molecule has 1 N–H and O–H groups in total. The van der Waals surface area contributed by atoms with Crippen molar-refractivity contribution < 1.29 is 5.11 Å². The van der Waals surface area contributed by atoms with Crippen LogP contribution >= 0.6 is 23.1 Å². The molecule has 0 saturated heterocycles. The van der Waals surface area contributed by atoms with Gasteiger partial charge in [0.25, 0.3) is 0 Å². The second kappa shape index (κ2) is 5.33. The van der Waals surface area contributed by atoms with Crippen molar-refractivity contribution >= 4 is 33.3 Å². The molecule has 0 radical (unpaired) electrons. The van der Waals surface area contributed by atoms with Gasteiger partial charge in [-0.2, -0.15) is 0 Å². The number of aryl methyl sites for hydroxylation is 3. The highest BCUT2D eigenvalue weighted by Crippen LogP contribution is 2.35. The fraction of sp³-hybridized carbons (Fsp3) is 0.500. The van der Waals surface area contributed by atoms with Gasteiger partial charge in [-0.3, -0.25) is 0 Å². The normalized spacial score (nSPS) is 11.3. The van der Waals surface area contributed by atoms with Crippen molar-refractivity contribution in [3.05, 3.63) is 16.3 Å². The van der Waals surface area contributed by atoms with E-state index in [9.17, 15) is 0 Å². The van der Waals surface area contributed by atoms with E-state index >= 15 is 0 Å². The third kappa shape index (κ3) is 2.61. The van der Waals surface area contributed by atoms with Crippen molar-refractivity contribution in [2.24, 2.45) is 0 Å². The van der Waals surface area contributed by atoms with Crippen LogP contribution in [0.1, 0.15) is 22.7 Å². The van der Waals surface area contributed by atoms with Gasteiger partial charge in [0.2, 0.25) is 0 Å². The molecule has 2 aromatic heterocycles. The van der Waals surface area contributed by atoms with Gasteiger partial charge in [0.05, 0.1) is 0 Å². The Labute approximate surface area is 109 Å². The van der Waals surface area contributed by atoms with Crippen molar-refractivity contribution in [2.45, 2.75) is 32.2 Å². The third-order valence-corrected chi connectivity index (χ3v) is 4.81. The number of aromatic nitrogens is 2. The van der Waals surface area contributed by atoms with Crippen molar-refractivity contribution in [2.75, 3.05) is 12.4 Å².